The van der Waals surface area contributed by atoms with Crippen molar-refractivity contribution in [2.45, 2.75) is 18.5 Å². The van der Waals surface area contributed by atoms with Crippen molar-refractivity contribution in [1.82, 2.24) is 20.5 Å². The number of ether oxygens (including phenoxy) is 1. The molecule has 186 valence electrons. The number of hydrogen-bond acceptors (Lipinski definition) is 4. The van der Waals surface area contributed by atoms with Crippen LogP contribution in [0.25, 0.3) is 10.9 Å². The molecule has 1 atom stereocenters. The summed E-state index contributed by atoms with van der Waals surface area (Å²) in [7, 11) is 0. The number of amides is 4. The molecule has 4 amide bonds. The minimum Gasteiger partial charge on any atom is -0.493 e. The summed E-state index contributed by atoms with van der Waals surface area (Å²) in [6, 6.07) is 20.1. The Balaban J connectivity index is 1.17. The highest BCUT2D eigenvalue weighted by molar-refractivity contribution is 9.10. The van der Waals surface area contributed by atoms with E-state index in [0.717, 1.165) is 22.0 Å². The molecule has 1 saturated heterocycles. The van der Waals surface area contributed by atoms with Gasteiger partial charge in [-0.3, -0.25) is 14.9 Å². The smallest absolute Gasteiger partial charge is 0.322 e. The summed E-state index contributed by atoms with van der Waals surface area (Å²) in [6.07, 6.45) is 2.75. The molecule has 1 fully saturated rings. The molecule has 37 heavy (non-hydrogen) atoms. The van der Waals surface area contributed by atoms with Gasteiger partial charge in [0.25, 0.3) is 11.8 Å². The Kier molecular flexibility index (Phi) is 5.72. The van der Waals surface area contributed by atoms with Gasteiger partial charge in [0.2, 0.25) is 0 Å². The van der Waals surface area contributed by atoms with Crippen molar-refractivity contribution in [2.24, 2.45) is 0 Å². The van der Waals surface area contributed by atoms with Gasteiger partial charge in [0.05, 0.1) is 13.2 Å². The third-order valence-corrected chi connectivity index (χ3v) is 7.51. The van der Waals surface area contributed by atoms with Crippen LogP contribution in [0.15, 0.2) is 77.4 Å². The number of aromatic amines is 1. The topological polar surface area (TPSA) is 104 Å². The number of hydrogen-bond donors (Lipinski definition) is 3. The lowest BCUT2D eigenvalue weighted by molar-refractivity contribution is -0.124. The van der Waals surface area contributed by atoms with E-state index in [-0.39, 0.29) is 12.5 Å². The minimum atomic E-state index is -1.37. The van der Waals surface area contributed by atoms with Gasteiger partial charge in [-0.15, -0.1) is 0 Å². The highest BCUT2D eigenvalue weighted by Gasteiger charge is 2.50. The summed E-state index contributed by atoms with van der Waals surface area (Å²) < 4.78 is 6.87. The van der Waals surface area contributed by atoms with Crippen LogP contribution in [0.4, 0.5) is 4.79 Å². The Morgan fingerprint density at radius 3 is 2.59 bits per heavy atom. The van der Waals surface area contributed by atoms with Crippen molar-refractivity contribution in [3.63, 3.8) is 0 Å². The van der Waals surface area contributed by atoms with Crippen LogP contribution in [0.2, 0.25) is 0 Å². The largest absolute Gasteiger partial charge is 0.493 e. The predicted octanol–water partition coefficient (Wildman–Crippen LogP) is 4.24. The molecule has 2 aliphatic heterocycles. The molecule has 1 unspecified atom stereocenters. The van der Waals surface area contributed by atoms with Gasteiger partial charge < -0.3 is 19.9 Å². The van der Waals surface area contributed by atoms with Crippen molar-refractivity contribution >= 4 is 44.7 Å². The Hall–Kier alpha value is -4.11. The van der Waals surface area contributed by atoms with Crippen LogP contribution in [0.1, 0.15) is 27.0 Å². The second-order valence-corrected chi connectivity index (χ2v) is 10.2. The first kappa shape index (κ1) is 23.3. The number of halogens is 1. The van der Waals surface area contributed by atoms with Crippen LogP contribution in [0.5, 0.6) is 5.75 Å². The highest BCUT2D eigenvalue weighted by Crippen LogP contribution is 2.33. The van der Waals surface area contributed by atoms with Crippen molar-refractivity contribution < 1.29 is 19.1 Å². The van der Waals surface area contributed by atoms with Crippen molar-refractivity contribution in [1.29, 1.82) is 0 Å². The van der Waals surface area contributed by atoms with Gasteiger partial charge in [0, 0.05) is 40.1 Å². The SMILES string of the molecule is O=C1NC(=O)C(CN2Cc3cc(OCCc4c[nH]c5ccccc45)ccc3C2=O)(c2ccc(Br)cc2)N1. The first-order valence-electron chi connectivity index (χ1n) is 11.9. The first-order chi connectivity index (χ1) is 17.9. The number of imide groups is 1. The summed E-state index contributed by atoms with van der Waals surface area (Å²) in [5.74, 6) is 0.0124. The molecule has 3 N–H and O–H groups in total. The number of fused-ring (bicyclic) bond motifs is 2. The van der Waals surface area contributed by atoms with Gasteiger partial charge >= 0.3 is 6.03 Å². The predicted molar refractivity (Wildman–Crippen MR) is 141 cm³/mol. The zero-order valence-electron chi connectivity index (χ0n) is 19.7. The summed E-state index contributed by atoms with van der Waals surface area (Å²) in [4.78, 5) is 43.2. The zero-order chi connectivity index (χ0) is 25.6. The van der Waals surface area contributed by atoms with Crippen LogP contribution in [0.3, 0.4) is 0 Å². The molecule has 9 heteroatoms. The van der Waals surface area contributed by atoms with Crippen molar-refractivity contribution in [3.05, 3.63) is 99.7 Å². The average Bonchev–Trinajstić information content (AvgIpc) is 3.53. The number of nitrogens with zero attached hydrogens (tertiary/aromatic N) is 1. The van der Waals surface area contributed by atoms with E-state index < -0.39 is 17.5 Å². The van der Waals surface area contributed by atoms with E-state index in [1.165, 1.54) is 10.9 Å². The van der Waals surface area contributed by atoms with Gasteiger partial charge in [0.1, 0.15) is 5.75 Å². The number of para-hydroxylation sites is 1. The van der Waals surface area contributed by atoms with Crippen LogP contribution in [-0.4, -0.2) is 40.9 Å². The molecule has 0 radical (unpaired) electrons. The molecular weight excluding hydrogens is 536 g/mol. The number of urea groups is 1. The number of carbonyl (C=O) groups excluding carboxylic acids is 3. The summed E-state index contributed by atoms with van der Waals surface area (Å²) in [6.45, 7) is 0.822. The maximum absolute atomic E-state index is 13.2. The van der Waals surface area contributed by atoms with Crippen LogP contribution in [0, 0.1) is 0 Å². The lowest BCUT2D eigenvalue weighted by atomic mass is 9.89. The van der Waals surface area contributed by atoms with Crippen molar-refractivity contribution in [2.75, 3.05) is 13.2 Å². The third-order valence-electron chi connectivity index (χ3n) is 6.98. The van der Waals surface area contributed by atoms with Gasteiger partial charge in [0.15, 0.2) is 5.54 Å². The quantitative estimate of drug-likeness (QED) is 0.295. The number of rotatable bonds is 7. The molecule has 2 aliphatic rings. The molecule has 6 rings (SSSR count). The zero-order valence-corrected chi connectivity index (χ0v) is 21.3. The monoisotopic (exact) mass is 558 g/mol. The second-order valence-electron chi connectivity index (χ2n) is 9.26. The molecule has 0 spiro atoms. The molecule has 0 bridgehead atoms. The maximum atomic E-state index is 13.2. The maximum Gasteiger partial charge on any atom is 0.322 e. The molecular formula is C28H23BrN4O4. The fourth-order valence-corrected chi connectivity index (χ4v) is 5.37. The van der Waals surface area contributed by atoms with Gasteiger partial charge in [-0.05, 0) is 53.1 Å². The number of carbonyl (C=O) groups is 3. The number of aromatic nitrogens is 1. The standard InChI is InChI=1S/C28H23BrN4O4/c29-20-7-5-19(6-8-20)28(26(35)31-27(36)32-28)16-33-15-18-13-21(9-10-23(18)25(33)34)37-12-11-17-14-30-24-4-2-1-3-22(17)24/h1-10,13-14,30H,11-12,15-16H2,(H2,31,32,35,36). The molecule has 4 aromatic rings. The number of benzene rings is 3. The van der Waals surface area contributed by atoms with E-state index in [1.807, 2.05) is 30.5 Å². The molecule has 0 aliphatic carbocycles. The molecule has 1 aromatic heterocycles. The van der Waals surface area contributed by atoms with Crippen LogP contribution >= 0.6 is 15.9 Å². The van der Waals surface area contributed by atoms with Gasteiger partial charge in [-0.25, -0.2) is 4.79 Å². The van der Waals surface area contributed by atoms with Crippen LogP contribution in [-0.2, 0) is 23.3 Å². The average molecular weight is 559 g/mol. The third kappa shape index (κ3) is 4.15. The Morgan fingerprint density at radius 1 is 1.00 bits per heavy atom. The van der Waals surface area contributed by atoms with E-state index in [4.69, 9.17) is 4.74 Å². The number of nitrogens with one attached hydrogen (secondary N) is 3. The number of H-pyrrole nitrogens is 1. The Morgan fingerprint density at radius 2 is 1.81 bits per heavy atom. The molecule has 0 saturated carbocycles. The van der Waals surface area contributed by atoms with E-state index >= 15 is 0 Å². The second kappa shape index (κ2) is 9.08. The summed E-state index contributed by atoms with van der Waals surface area (Å²) in [5, 5.41) is 6.27. The highest BCUT2D eigenvalue weighted by atomic mass is 79.9. The molecule has 3 aromatic carbocycles. The Labute approximate surface area is 221 Å². The molecule has 3 heterocycles. The molecule has 8 nitrogen and oxygen atoms in total. The fourth-order valence-electron chi connectivity index (χ4n) is 5.11. The first-order valence-corrected chi connectivity index (χ1v) is 12.7. The van der Waals surface area contributed by atoms with E-state index in [0.29, 0.717) is 30.0 Å². The lowest BCUT2D eigenvalue weighted by Crippen LogP contribution is -2.52. The van der Waals surface area contributed by atoms with Gasteiger partial charge in [-0.1, -0.05) is 46.3 Å². The van der Waals surface area contributed by atoms with E-state index in [2.05, 4.69) is 37.6 Å². The lowest BCUT2D eigenvalue weighted by Gasteiger charge is -2.31. The van der Waals surface area contributed by atoms with Gasteiger partial charge in [-0.2, -0.15) is 0 Å². The van der Waals surface area contributed by atoms with E-state index in [9.17, 15) is 14.4 Å². The van der Waals surface area contributed by atoms with Crippen molar-refractivity contribution in [3.8, 4) is 5.75 Å². The normalized spacial score (nSPS) is 18.7. The summed E-state index contributed by atoms with van der Waals surface area (Å²) in [5.41, 5.74) is 2.91. The Bertz CT molecular complexity index is 1550. The minimum absolute atomic E-state index is 0.0104. The fraction of sp³-hybridized carbons (Fsp3) is 0.179. The van der Waals surface area contributed by atoms with Crippen LogP contribution < -0.4 is 15.4 Å². The summed E-state index contributed by atoms with van der Waals surface area (Å²) >= 11 is 3.40. The van der Waals surface area contributed by atoms with E-state index in [1.54, 1.807) is 41.3 Å².